The van der Waals surface area contributed by atoms with Crippen LogP contribution in [0.5, 0.6) is 5.75 Å². The largest absolute Gasteiger partial charge is 0.493 e. The zero-order valence-electron chi connectivity index (χ0n) is 12.6. The standard InChI is InChI=1S/C18H16N4O/c19-14-15-5-3-6-16(13-15)23-12-4-10-22-11-9-21-18(22)17-7-1-2-8-20-17/h1-3,5-9,11,13H,4,10,12H2. The molecule has 1 aromatic carbocycles. The van der Waals surface area contributed by atoms with Gasteiger partial charge in [-0.3, -0.25) is 4.98 Å². The molecule has 0 saturated carbocycles. The summed E-state index contributed by atoms with van der Waals surface area (Å²) >= 11 is 0. The Labute approximate surface area is 134 Å². The fraction of sp³-hybridized carbons (Fsp3) is 0.167. The molecule has 3 aromatic rings. The second-order valence-electron chi connectivity index (χ2n) is 5.00. The van der Waals surface area contributed by atoms with Gasteiger partial charge in [-0.05, 0) is 36.8 Å². The van der Waals surface area contributed by atoms with Gasteiger partial charge in [0, 0.05) is 25.1 Å². The average Bonchev–Trinajstić information content (AvgIpc) is 3.08. The number of nitriles is 1. The van der Waals surface area contributed by atoms with Crippen molar-refractivity contribution in [3.8, 4) is 23.3 Å². The van der Waals surface area contributed by atoms with E-state index in [9.17, 15) is 0 Å². The van der Waals surface area contributed by atoms with E-state index in [1.807, 2.05) is 36.5 Å². The van der Waals surface area contributed by atoms with Gasteiger partial charge in [0.1, 0.15) is 11.4 Å². The molecule has 5 heteroatoms. The van der Waals surface area contributed by atoms with Gasteiger partial charge in [-0.25, -0.2) is 4.98 Å². The molecule has 114 valence electrons. The van der Waals surface area contributed by atoms with Crippen LogP contribution in [0.4, 0.5) is 0 Å². The Morgan fingerprint density at radius 3 is 2.87 bits per heavy atom. The first-order valence-electron chi connectivity index (χ1n) is 7.42. The van der Waals surface area contributed by atoms with Gasteiger partial charge in [0.2, 0.25) is 0 Å². The third kappa shape index (κ3) is 3.74. The van der Waals surface area contributed by atoms with Crippen molar-refractivity contribution in [2.75, 3.05) is 6.61 Å². The number of aromatic nitrogens is 3. The van der Waals surface area contributed by atoms with Crippen molar-refractivity contribution in [2.24, 2.45) is 0 Å². The third-order valence-electron chi connectivity index (χ3n) is 3.38. The Morgan fingerprint density at radius 2 is 2.04 bits per heavy atom. The molecule has 0 unspecified atom stereocenters. The van der Waals surface area contributed by atoms with Crippen LogP contribution in [0.2, 0.25) is 0 Å². The zero-order chi connectivity index (χ0) is 15.9. The highest BCUT2D eigenvalue weighted by atomic mass is 16.5. The minimum Gasteiger partial charge on any atom is -0.493 e. The van der Waals surface area contributed by atoms with Crippen molar-refractivity contribution in [3.63, 3.8) is 0 Å². The quantitative estimate of drug-likeness (QED) is 0.656. The maximum atomic E-state index is 8.88. The van der Waals surface area contributed by atoms with Crippen LogP contribution in [0.1, 0.15) is 12.0 Å². The number of ether oxygens (including phenoxy) is 1. The lowest BCUT2D eigenvalue weighted by Gasteiger charge is -2.09. The third-order valence-corrected chi connectivity index (χ3v) is 3.38. The van der Waals surface area contributed by atoms with Crippen molar-refractivity contribution in [2.45, 2.75) is 13.0 Å². The van der Waals surface area contributed by atoms with Gasteiger partial charge in [-0.2, -0.15) is 5.26 Å². The van der Waals surface area contributed by atoms with E-state index in [0.29, 0.717) is 12.2 Å². The molecule has 0 atom stereocenters. The average molecular weight is 304 g/mol. The Morgan fingerprint density at radius 1 is 1.09 bits per heavy atom. The monoisotopic (exact) mass is 304 g/mol. The van der Waals surface area contributed by atoms with Crippen LogP contribution in [0, 0.1) is 11.3 Å². The summed E-state index contributed by atoms with van der Waals surface area (Å²) in [4.78, 5) is 8.70. The van der Waals surface area contributed by atoms with Crippen LogP contribution >= 0.6 is 0 Å². The van der Waals surface area contributed by atoms with E-state index in [0.717, 1.165) is 30.2 Å². The predicted molar refractivity (Wildman–Crippen MR) is 86.7 cm³/mol. The van der Waals surface area contributed by atoms with Gasteiger partial charge < -0.3 is 9.30 Å². The first-order chi connectivity index (χ1) is 11.4. The number of hydrogen-bond acceptors (Lipinski definition) is 4. The van der Waals surface area contributed by atoms with Gasteiger partial charge in [-0.1, -0.05) is 12.1 Å². The summed E-state index contributed by atoms with van der Waals surface area (Å²) in [5.41, 5.74) is 1.47. The van der Waals surface area contributed by atoms with Crippen LogP contribution in [0.15, 0.2) is 61.1 Å². The second-order valence-corrected chi connectivity index (χ2v) is 5.00. The molecule has 3 rings (SSSR count). The summed E-state index contributed by atoms with van der Waals surface area (Å²) in [6.07, 6.45) is 6.33. The number of nitrogens with zero attached hydrogens (tertiary/aromatic N) is 4. The van der Waals surface area contributed by atoms with E-state index < -0.39 is 0 Å². The number of imidazole rings is 1. The summed E-state index contributed by atoms with van der Waals surface area (Å²) in [5, 5.41) is 8.88. The van der Waals surface area contributed by atoms with Crippen molar-refractivity contribution in [3.05, 3.63) is 66.6 Å². The Balaban J connectivity index is 1.56. The van der Waals surface area contributed by atoms with E-state index >= 15 is 0 Å². The molecule has 0 saturated heterocycles. The molecule has 0 fully saturated rings. The van der Waals surface area contributed by atoms with Crippen LogP contribution < -0.4 is 4.74 Å². The highest BCUT2D eigenvalue weighted by Crippen LogP contribution is 2.15. The molecule has 23 heavy (non-hydrogen) atoms. The van der Waals surface area contributed by atoms with Gasteiger partial charge in [-0.15, -0.1) is 0 Å². The molecule has 0 spiro atoms. The van der Waals surface area contributed by atoms with Crippen molar-refractivity contribution < 1.29 is 4.74 Å². The zero-order valence-corrected chi connectivity index (χ0v) is 12.6. The highest BCUT2D eigenvalue weighted by Gasteiger charge is 2.06. The highest BCUT2D eigenvalue weighted by molar-refractivity contribution is 5.48. The molecule has 2 aromatic heterocycles. The second kappa shape index (κ2) is 7.23. The van der Waals surface area contributed by atoms with Gasteiger partial charge in [0.15, 0.2) is 5.82 Å². The molecule has 0 aliphatic heterocycles. The van der Waals surface area contributed by atoms with E-state index in [-0.39, 0.29) is 0 Å². The van der Waals surface area contributed by atoms with E-state index in [1.165, 1.54) is 0 Å². The topological polar surface area (TPSA) is 63.7 Å². The maximum absolute atomic E-state index is 8.88. The van der Waals surface area contributed by atoms with E-state index in [2.05, 4.69) is 20.6 Å². The maximum Gasteiger partial charge on any atom is 0.158 e. The molecular formula is C18H16N4O. The lowest BCUT2D eigenvalue weighted by Crippen LogP contribution is -2.05. The number of rotatable bonds is 6. The Hall–Kier alpha value is -3.13. The molecule has 0 aliphatic rings. The predicted octanol–water partition coefficient (Wildman–Crippen LogP) is 3.29. The Kier molecular flexibility index (Phi) is 4.65. The molecule has 0 N–H and O–H groups in total. The lowest BCUT2D eigenvalue weighted by atomic mass is 10.2. The summed E-state index contributed by atoms with van der Waals surface area (Å²) in [7, 11) is 0. The lowest BCUT2D eigenvalue weighted by molar-refractivity contribution is 0.302. The molecule has 0 bridgehead atoms. The minimum absolute atomic E-state index is 0.578. The van der Waals surface area contributed by atoms with Crippen molar-refractivity contribution in [1.82, 2.24) is 14.5 Å². The van der Waals surface area contributed by atoms with E-state index in [1.54, 1.807) is 24.5 Å². The molecule has 0 amide bonds. The van der Waals surface area contributed by atoms with Gasteiger partial charge in [0.05, 0.1) is 18.2 Å². The smallest absolute Gasteiger partial charge is 0.158 e. The first kappa shape index (κ1) is 14.8. The molecule has 0 aliphatic carbocycles. The summed E-state index contributed by atoms with van der Waals surface area (Å²) in [6, 6.07) is 15.1. The number of pyridine rings is 1. The van der Waals surface area contributed by atoms with Crippen LogP contribution in [0.25, 0.3) is 11.5 Å². The SMILES string of the molecule is N#Cc1cccc(OCCCn2ccnc2-c2ccccn2)c1. The van der Waals surface area contributed by atoms with Crippen LogP contribution in [0.3, 0.4) is 0 Å². The summed E-state index contributed by atoms with van der Waals surface area (Å²) in [5.74, 6) is 1.58. The van der Waals surface area contributed by atoms with E-state index in [4.69, 9.17) is 10.00 Å². The number of aryl methyl sites for hydroxylation is 1. The summed E-state index contributed by atoms with van der Waals surface area (Å²) < 4.78 is 7.76. The fourth-order valence-corrected chi connectivity index (χ4v) is 2.30. The van der Waals surface area contributed by atoms with Gasteiger partial charge >= 0.3 is 0 Å². The summed E-state index contributed by atoms with van der Waals surface area (Å²) in [6.45, 7) is 1.37. The number of hydrogen-bond donors (Lipinski definition) is 0. The van der Waals surface area contributed by atoms with Crippen LogP contribution in [-0.2, 0) is 6.54 Å². The van der Waals surface area contributed by atoms with Crippen LogP contribution in [-0.4, -0.2) is 21.1 Å². The molecular weight excluding hydrogens is 288 g/mol. The molecule has 2 heterocycles. The normalized spacial score (nSPS) is 10.2. The molecule has 0 radical (unpaired) electrons. The van der Waals surface area contributed by atoms with Crippen molar-refractivity contribution >= 4 is 0 Å². The fourth-order valence-electron chi connectivity index (χ4n) is 2.30. The first-order valence-corrected chi connectivity index (χ1v) is 7.42. The Bertz CT molecular complexity index is 805. The molecule has 5 nitrogen and oxygen atoms in total. The van der Waals surface area contributed by atoms with Crippen molar-refractivity contribution in [1.29, 1.82) is 5.26 Å². The van der Waals surface area contributed by atoms with Gasteiger partial charge in [0.25, 0.3) is 0 Å². The minimum atomic E-state index is 0.578. The number of benzene rings is 1.